The van der Waals surface area contributed by atoms with Crippen LogP contribution in [-0.4, -0.2) is 6.54 Å². The minimum Gasteiger partial charge on any atom is -0.312 e. The number of benzene rings is 1. The van der Waals surface area contributed by atoms with Gasteiger partial charge in [0.25, 0.3) is 0 Å². The highest BCUT2D eigenvalue weighted by Crippen LogP contribution is 2.48. The van der Waals surface area contributed by atoms with Crippen molar-refractivity contribution >= 4 is 11.6 Å². The van der Waals surface area contributed by atoms with Crippen molar-refractivity contribution in [3.63, 3.8) is 0 Å². The first kappa shape index (κ1) is 11.9. The van der Waals surface area contributed by atoms with E-state index in [-0.39, 0.29) is 0 Å². The van der Waals surface area contributed by atoms with Crippen molar-refractivity contribution in [1.29, 1.82) is 0 Å². The predicted octanol–water partition coefficient (Wildman–Crippen LogP) is 4.01. The lowest BCUT2D eigenvalue weighted by molar-refractivity contribution is 0.421. The third-order valence-electron chi connectivity index (χ3n) is 3.48. The van der Waals surface area contributed by atoms with E-state index in [1.807, 2.05) is 12.1 Å². The molecule has 2 rings (SSSR count). The molecule has 1 aliphatic carbocycles. The molecule has 1 N–H and O–H groups in total. The number of halogens is 1. The number of hydrogen-bond donors (Lipinski definition) is 1. The van der Waals surface area contributed by atoms with E-state index in [1.165, 1.54) is 37.8 Å². The highest BCUT2D eigenvalue weighted by atomic mass is 35.5. The number of rotatable bonds is 6. The first-order valence-corrected chi connectivity index (χ1v) is 6.57. The topological polar surface area (TPSA) is 12.0 Å². The molecule has 1 saturated carbocycles. The van der Waals surface area contributed by atoms with Crippen LogP contribution in [0.1, 0.15) is 38.2 Å². The predicted molar refractivity (Wildman–Crippen MR) is 69.7 cm³/mol. The summed E-state index contributed by atoms with van der Waals surface area (Å²) in [5.41, 5.74) is 1.96. The first-order valence-electron chi connectivity index (χ1n) is 6.19. The Bertz CT molecular complexity index is 327. The van der Waals surface area contributed by atoms with Crippen LogP contribution in [-0.2, 0) is 6.54 Å². The smallest absolute Gasteiger partial charge is 0.0406 e. The summed E-state index contributed by atoms with van der Waals surface area (Å²) in [5, 5.41) is 4.38. The SMILES string of the molecule is CCCC1(CNCc2ccc(Cl)cc2)CC1. The van der Waals surface area contributed by atoms with Crippen LogP contribution in [0.15, 0.2) is 24.3 Å². The molecular formula is C14H20ClN. The maximum absolute atomic E-state index is 5.85. The first-order chi connectivity index (χ1) is 7.74. The van der Waals surface area contributed by atoms with Gasteiger partial charge in [0.2, 0.25) is 0 Å². The van der Waals surface area contributed by atoms with Crippen molar-refractivity contribution in [2.24, 2.45) is 5.41 Å². The molecule has 0 atom stereocenters. The normalized spacial score (nSPS) is 17.4. The van der Waals surface area contributed by atoms with Gasteiger partial charge in [-0.2, -0.15) is 0 Å². The lowest BCUT2D eigenvalue weighted by Crippen LogP contribution is -2.23. The third-order valence-corrected chi connectivity index (χ3v) is 3.73. The van der Waals surface area contributed by atoms with E-state index in [0.29, 0.717) is 5.41 Å². The van der Waals surface area contributed by atoms with Crippen LogP contribution in [0.2, 0.25) is 5.02 Å². The quantitative estimate of drug-likeness (QED) is 0.788. The van der Waals surface area contributed by atoms with Crippen LogP contribution in [0.4, 0.5) is 0 Å². The van der Waals surface area contributed by atoms with E-state index in [9.17, 15) is 0 Å². The average Bonchev–Trinajstić information content (AvgIpc) is 3.02. The Morgan fingerprint density at radius 3 is 2.50 bits per heavy atom. The van der Waals surface area contributed by atoms with E-state index < -0.39 is 0 Å². The summed E-state index contributed by atoms with van der Waals surface area (Å²) >= 11 is 5.85. The van der Waals surface area contributed by atoms with Crippen molar-refractivity contribution in [2.45, 2.75) is 39.2 Å². The van der Waals surface area contributed by atoms with Gasteiger partial charge >= 0.3 is 0 Å². The molecule has 1 aromatic carbocycles. The highest BCUT2D eigenvalue weighted by molar-refractivity contribution is 6.30. The maximum atomic E-state index is 5.85. The van der Waals surface area contributed by atoms with Gasteiger partial charge in [0.15, 0.2) is 0 Å². The van der Waals surface area contributed by atoms with Gasteiger partial charge in [0, 0.05) is 18.1 Å². The van der Waals surface area contributed by atoms with Crippen LogP contribution < -0.4 is 5.32 Å². The van der Waals surface area contributed by atoms with E-state index in [4.69, 9.17) is 11.6 Å². The summed E-state index contributed by atoms with van der Waals surface area (Å²) in [6, 6.07) is 8.10. The minimum atomic E-state index is 0.640. The molecule has 88 valence electrons. The second kappa shape index (κ2) is 5.20. The van der Waals surface area contributed by atoms with Crippen molar-refractivity contribution in [1.82, 2.24) is 5.32 Å². The summed E-state index contributed by atoms with van der Waals surface area (Å²) in [4.78, 5) is 0. The molecule has 0 amide bonds. The number of hydrogen-bond acceptors (Lipinski definition) is 1. The molecule has 0 aromatic heterocycles. The Morgan fingerprint density at radius 2 is 1.94 bits per heavy atom. The zero-order valence-corrected chi connectivity index (χ0v) is 10.7. The Balaban J connectivity index is 1.74. The fraction of sp³-hybridized carbons (Fsp3) is 0.571. The van der Waals surface area contributed by atoms with Crippen LogP contribution in [0.3, 0.4) is 0 Å². The molecule has 0 bridgehead atoms. The zero-order chi connectivity index (χ0) is 11.4. The van der Waals surface area contributed by atoms with Crippen LogP contribution in [0.5, 0.6) is 0 Å². The molecule has 1 aromatic rings. The van der Waals surface area contributed by atoms with Gasteiger partial charge in [-0.3, -0.25) is 0 Å². The van der Waals surface area contributed by atoms with E-state index in [1.54, 1.807) is 0 Å². The van der Waals surface area contributed by atoms with Crippen molar-refractivity contribution < 1.29 is 0 Å². The second-order valence-electron chi connectivity index (χ2n) is 4.98. The third kappa shape index (κ3) is 3.23. The van der Waals surface area contributed by atoms with Crippen LogP contribution in [0, 0.1) is 5.41 Å². The van der Waals surface area contributed by atoms with Crippen molar-refractivity contribution in [3.8, 4) is 0 Å². The second-order valence-corrected chi connectivity index (χ2v) is 5.42. The van der Waals surface area contributed by atoms with Gasteiger partial charge in [-0.25, -0.2) is 0 Å². The molecule has 0 aliphatic heterocycles. The van der Waals surface area contributed by atoms with Gasteiger partial charge in [-0.05, 0) is 42.4 Å². The van der Waals surface area contributed by atoms with Gasteiger partial charge in [0.05, 0.1) is 0 Å². The molecule has 0 heterocycles. The fourth-order valence-electron chi connectivity index (χ4n) is 2.30. The molecule has 0 unspecified atom stereocenters. The molecule has 0 spiro atoms. The minimum absolute atomic E-state index is 0.640. The summed E-state index contributed by atoms with van der Waals surface area (Å²) < 4.78 is 0. The Morgan fingerprint density at radius 1 is 1.25 bits per heavy atom. The molecule has 16 heavy (non-hydrogen) atoms. The van der Waals surface area contributed by atoms with Crippen LogP contribution in [0.25, 0.3) is 0 Å². The summed E-state index contributed by atoms with van der Waals surface area (Å²) in [6.45, 7) is 4.41. The zero-order valence-electron chi connectivity index (χ0n) is 9.93. The van der Waals surface area contributed by atoms with Gasteiger partial charge < -0.3 is 5.32 Å². The van der Waals surface area contributed by atoms with E-state index >= 15 is 0 Å². The van der Waals surface area contributed by atoms with Crippen LogP contribution >= 0.6 is 11.6 Å². The van der Waals surface area contributed by atoms with Gasteiger partial charge in [0.1, 0.15) is 0 Å². The lowest BCUT2D eigenvalue weighted by atomic mass is 10.0. The standard InChI is InChI=1S/C14H20ClN/c1-2-7-14(8-9-14)11-16-10-12-3-5-13(15)6-4-12/h3-6,16H,2,7-11H2,1H3. The molecule has 1 fully saturated rings. The summed E-state index contributed by atoms with van der Waals surface area (Å²) in [5.74, 6) is 0. The number of nitrogens with one attached hydrogen (secondary N) is 1. The van der Waals surface area contributed by atoms with Gasteiger partial charge in [-0.15, -0.1) is 0 Å². The van der Waals surface area contributed by atoms with Crippen molar-refractivity contribution in [3.05, 3.63) is 34.9 Å². The molecule has 2 heteroatoms. The Kier molecular flexibility index (Phi) is 3.88. The fourth-order valence-corrected chi connectivity index (χ4v) is 2.42. The average molecular weight is 238 g/mol. The Labute approximate surface area is 103 Å². The Hall–Kier alpha value is -0.530. The maximum Gasteiger partial charge on any atom is 0.0406 e. The molecule has 1 aliphatic rings. The van der Waals surface area contributed by atoms with E-state index in [2.05, 4.69) is 24.4 Å². The summed E-state index contributed by atoms with van der Waals surface area (Å²) in [6.07, 6.45) is 5.51. The molecular weight excluding hydrogens is 218 g/mol. The molecule has 0 radical (unpaired) electrons. The molecule has 0 saturated heterocycles. The van der Waals surface area contributed by atoms with Gasteiger partial charge in [-0.1, -0.05) is 37.1 Å². The van der Waals surface area contributed by atoms with Crippen molar-refractivity contribution in [2.75, 3.05) is 6.54 Å². The van der Waals surface area contributed by atoms with E-state index in [0.717, 1.165) is 11.6 Å². The highest BCUT2D eigenvalue weighted by Gasteiger charge is 2.40. The molecule has 1 nitrogen and oxygen atoms in total. The largest absolute Gasteiger partial charge is 0.312 e. The lowest BCUT2D eigenvalue weighted by Gasteiger charge is -2.14. The summed E-state index contributed by atoms with van der Waals surface area (Å²) in [7, 11) is 0. The monoisotopic (exact) mass is 237 g/mol.